The molecule has 1 saturated carbocycles. The molecule has 1 aromatic carbocycles. The van der Waals surface area contributed by atoms with Crippen LogP contribution in [0.25, 0.3) is 0 Å². The van der Waals surface area contributed by atoms with Crippen molar-refractivity contribution in [3.05, 3.63) is 24.3 Å². The summed E-state index contributed by atoms with van der Waals surface area (Å²) in [5, 5.41) is 0. The van der Waals surface area contributed by atoms with E-state index in [0.29, 0.717) is 12.6 Å². The fraction of sp³-hybridized carbons (Fsp3) is 0.600. The normalized spacial score (nSPS) is 23.3. The van der Waals surface area contributed by atoms with Crippen LogP contribution < -0.4 is 15.2 Å². The second-order valence-electron chi connectivity index (χ2n) is 6.30. The Morgan fingerprint density at radius 3 is 2.50 bits per heavy atom. The molecular weight excluding hydrogens is 226 g/mol. The monoisotopic (exact) mass is 249 g/mol. The molecule has 1 fully saturated rings. The van der Waals surface area contributed by atoms with Gasteiger partial charge in [-0.05, 0) is 30.4 Å². The van der Waals surface area contributed by atoms with E-state index in [2.05, 4.69) is 20.8 Å². The standard InChI is InChI=1S/C15H23NO2/c1-15(2,3)10-17-12-5-4-6-13(9-12)18-14-7-11(16)8-14/h4-6,9,11,14H,7-8,10,16H2,1-3H3/t11-,14+. The van der Waals surface area contributed by atoms with Gasteiger partial charge in [0.1, 0.15) is 17.6 Å². The molecule has 0 spiro atoms. The van der Waals surface area contributed by atoms with Crippen molar-refractivity contribution in [3.63, 3.8) is 0 Å². The molecule has 2 rings (SSSR count). The molecule has 0 aliphatic heterocycles. The molecule has 3 nitrogen and oxygen atoms in total. The fourth-order valence-corrected chi connectivity index (χ4v) is 1.83. The Kier molecular flexibility index (Phi) is 3.81. The van der Waals surface area contributed by atoms with Gasteiger partial charge in [-0.3, -0.25) is 0 Å². The molecule has 1 aliphatic carbocycles. The Hall–Kier alpha value is -1.22. The van der Waals surface area contributed by atoms with Gasteiger partial charge in [-0.2, -0.15) is 0 Å². The first kappa shape index (κ1) is 13.2. The molecular formula is C15H23NO2. The highest BCUT2D eigenvalue weighted by Crippen LogP contribution is 2.27. The van der Waals surface area contributed by atoms with Crippen LogP contribution in [0.1, 0.15) is 33.6 Å². The lowest BCUT2D eigenvalue weighted by molar-refractivity contribution is 0.100. The number of ether oxygens (including phenoxy) is 2. The molecule has 0 aromatic heterocycles. The predicted molar refractivity (Wildman–Crippen MR) is 73.0 cm³/mol. The fourth-order valence-electron chi connectivity index (χ4n) is 1.83. The van der Waals surface area contributed by atoms with E-state index >= 15 is 0 Å². The molecule has 0 atom stereocenters. The molecule has 0 bridgehead atoms. The smallest absolute Gasteiger partial charge is 0.123 e. The first-order valence-electron chi connectivity index (χ1n) is 6.57. The highest BCUT2D eigenvalue weighted by atomic mass is 16.5. The van der Waals surface area contributed by atoms with Gasteiger partial charge in [0, 0.05) is 12.1 Å². The summed E-state index contributed by atoms with van der Waals surface area (Å²) in [5.41, 5.74) is 5.91. The zero-order valence-electron chi connectivity index (χ0n) is 11.5. The van der Waals surface area contributed by atoms with Gasteiger partial charge >= 0.3 is 0 Å². The Bertz CT molecular complexity index is 392. The van der Waals surface area contributed by atoms with E-state index in [-0.39, 0.29) is 11.5 Å². The largest absolute Gasteiger partial charge is 0.493 e. The third-order valence-electron chi connectivity index (χ3n) is 2.91. The van der Waals surface area contributed by atoms with Gasteiger partial charge in [0.05, 0.1) is 6.61 Å². The van der Waals surface area contributed by atoms with Crippen molar-refractivity contribution in [3.8, 4) is 11.5 Å². The van der Waals surface area contributed by atoms with Crippen molar-refractivity contribution in [1.29, 1.82) is 0 Å². The van der Waals surface area contributed by atoms with Crippen LogP contribution in [0.4, 0.5) is 0 Å². The van der Waals surface area contributed by atoms with E-state index < -0.39 is 0 Å². The average molecular weight is 249 g/mol. The van der Waals surface area contributed by atoms with Gasteiger partial charge in [0.15, 0.2) is 0 Å². The molecule has 100 valence electrons. The average Bonchev–Trinajstić information content (AvgIpc) is 2.24. The summed E-state index contributed by atoms with van der Waals surface area (Å²) in [7, 11) is 0. The molecule has 0 radical (unpaired) electrons. The maximum Gasteiger partial charge on any atom is 0.123 e. The van der Waals surface area contributed by atoms with Crippen LogP contribution >= 0.6 is 0 Å². The lowest BCUT2D eigenvalue weighted by Crippen LogP contribution is -2.43. The first-order valence-corrected chi connectivity index (χ1v) is 6.57. The lowest BCUT2D eigenvalue weighted by Gasteiger charge is -2.32. The molecule has 1 aromatic rings. The summed E-state index contributed by atoms with van der Waals surface area (Å²) in [4.78, 5) is 0. The van der Waals surface area contributed by atoms with E-state index in [1.54, 1.807) is 0 Å². The minimum absolute atomic E-state index is 0.164. The van der Waals surface area contributed by atoms with Crippen molar-refractivity contribution < 1.29 is 9.47 Å². The number of benzene rings is 1. The SMILES string of the molecule is CC(C)(C)COc1cccc(O[C@H]2C[C@@H](N)C2)c1. The number of nitrogens with two attached hydrogens (primary N) is 1. The highest BCUT2D eigenvalue weighted by Gasteiger charge is 2.27. The topological polar surface area (TPSA) is 44.5 Å². The summed E-state index contributed by atoms with van der Waals surface area (Å²) in [6, 6.07) is 8.16. The summed E-state index contributed by atoms with van der Waals surface area (Å²) < 4.78 is 11.6. The van der Waals surface area contributed by atoms with Crippen molar-refractivity contribution in [2.24, 2.45) is 11.1 Å². The zero-order valence-corrected chi connectivity index (χ0v) is 11.5. The van der Waals surface area contributed by atoms with Gasteiger partial charge in [0.2, 0.25) is 0 Å². The molecule has 0 heterocycles. The minimum atomic E-state index is 0.164. The van der Waals surface area contributed by atoms with Crippen LogP contribution in [0, 0.1) is 5.41 Å². The van der Waals surface area contributed by atoms with E-state index in [4.69, 9.17) is 15.2 Å². The molecule has 2 N–H and O–H groups in total. The third kappa shape index (κ3) is 3.91. The summed E-state index contributed by atoms with van der Waals surface area (Å²) in [6.07, 6.45) is 2.18. The van der Waals surface area contributed by atoms with E-state index in [1.807, 2.05) is 24.3 Å². The van der Waals surface area contributed by atoms with E-state index in [9.17, 15) is 0 Å². The van der Waals surface area contributed by atoms with Crippen LogP contribution in [-0.4, -0.2) is 18.8 Å². The highest BCUT2D eigenvalue weighted by molar-refractivity contribution is 5.33. The summed E-state index contributed by atoms with van der Waals surface area (Å²) in [5.74, 6) is 1.74. The zero-order chi connectivity index (χ0) is 13.2. The summed E-state index contributed by atoms with van der Waals surface area (Å²) >= 11 is 0. The molecule has 0 saturated heterocycles. The van der Waals surface area contributed by atoms with Crippen molar-refractivity contribution in [2.75, 3.05) is 6.61 Å². The number of hydrogen-bond donors (Lipinski definition) is 1. The quantitative estimate of drug-likeness (QED) is 0.892. The number of hydrogen-bond acceptors (Lipinski definition) is 3. The van der Waals surface area contributed by atoms with Crippen LogP contribution in [0.5, 0.6) is 11.5 Å². The molecule has 0 unspecified atom stereocenters. The lowest BCUT2D eigenvalue weighted by atomic mass is 9.90. The maximum atomic E-state index is 5.83. The Labute approximate surface area is 109 Å². The van der Waals surface area contributed by atoms with Crippen LogP contribution in [0.3, 0.4) is 0 Å². The Morgan fingerprint density at radius 1 is 1.22 bits per heavy atom. The van der Waals surface area contributed by atoms with Gasteiger partial charge in [-0.15, -0.1) is 0 Å². The van der Waals surface area contributed by atoms with Crippen molar-refractivity contribution >= 4 is 0 Å². The third-order valence-corrected chi connectivity index (χ3v) is 2.91. The Morgan fingerprint density at radius 2 is 1.89 bits per heavy atom. The second-order valence-corrected chi connectivity index (χ2v) is 6.30. The van der Waals surface area contributed by atoms with E-state index in [0.717, 1.165) is 24.3 Å². The number of rotatable bonds is 4. The van der Waals surface area contributed by atoms with Crippen LogP contribution in [0.15, 0.2) is 24.3 Å². The molecule has 3 heteroatoms. The van der Waals surface area contributed by atoms with Crippen LogP contribution in [-0.2, 0) is 0 Å². The van der Waals surface area contributed by atoms with Crippen molar-refractivity contribution in [1.82, 2.24) is 0 Å². The van der Waals surface area contributed by atoms with Gasteiger partial charge in [-0.25, -0.2) is 0 Å². The maximum absolute atomic E-state index is 5.83. The summed E-state index contributed by atoms with van der Waals surface area (Å²) in [6.45, 7) is 7.17. The van der Waals surface area contributed by atoms with Gasteiger partial charge in [-0.1, -0.05) is 26.8 Å². The van der Waals surface area contributed by atoms with Crippen molar-refractivity contribution in [2.45, 2.75) is 45.8 Å². The second kappa shape index (κ2) is 5.19. The Balaban J connectivity index is 1.89. The van der Waals surface area contributed by atoms with Crippen LogP contribution in [0.2, 0.25) is 0 Å². The minimum Gasteiger partial charge on any atom is -0.493 e. The molecule has 18 heavy (non-hydrogen) atoms. The molecule has 0 amide bonds. The van der Waals surface area contributed by atoms with Gasteiger partial charge in [0.25, 0.3) is 0 Å². The predicted octanol–water partition coefficient (Wildman–Crippen LogP) is 2.98. The molecule has 1 aliphatic rings. The van der Waals surface area contributed by atoms with E-state index in [1.165, 1.54) is 0 Å². The van der Waals surface area contributed by atoms with Gasteiger partial charge < -0.3 is 15.2 Å². The first-order chi connectivity index (χ1) is 8.42.